The van der Waals surface area contributed by atoms with Gasteiger partial charge < -0.3 is 24.0 Å². The summed E-state index contributed by atoms with van der Waals surface area (Å²) in [5, 5.41) is 2.88. The van der Waals surface area contributed by atoms with Gasteiger partial charge in [-0.2, -0.15) is 8.42 Å². The van der Waals surface area contributed by atoms with E-state index >= 15 is 0 Å². The Balaban J connectivity index is 2.01. The number of hydrogen-bond acceptors (Lipinski definition) is 6. The van der Waals surface area contributed by atoms with Crippen LogP contribution in [0.4, 0.5) is 14.9 Å². The van der Waals surface area contributed by atoms with Crippen molar-refractivity contribution in [1.82, 2.24) is 10.2 Å². The van der Waals surface area contributed by atoms with Crippen LogP contribution in [0.5, 0.6) is 11.5 Å². The Labute approximate surface area is 230 Å². The number of nitrogens with one attached hydrogen (secondary N) is 1. The molecule has 210 valence electrons. The van der Waals surface area contributed by atoms with Gasteiger partial charge in [-0.3, -0.25) is 0 Å². The van der Waals surface area contributed by atoms with Crippen LogP contribution in [0.3, 0.4) is 0 Å². The molecule has 39 heavy (non-hydrogen) atoms. The van der Waals surface area contributed by atoms with Gasteiger partial charge in [0.05, 0.1) is 13.7 Å². The molecule has 8 nitrogen and oxygen atoms in total. The molecule has 0 aromatic heterocycles. The second-order valence-corrected chi connectivity index (χ2v) is 10.8. The number of anilines is 1. The molecule has 3 aromatic carbocycles. The normalized spacial score (nSPS) is 11.3. The van der Waals surface area contributed by atoms with Gasteiger partial charge in [0.15, 0.2) is 0 Å². The summed E-state index contributed by atoms with van der Waals surface area (Å²) in [6, 6.07) is 16.7. The van der Waals surface area contributed by atoms with Crippen molar-refractivity contribution in [3.05, 3.63) is 83.7 Å². The Hall–Kier alpha value is -3.79. The first-order valence-electron chi connectivity index (χ1n) is 12.8. The molecule has 0 spiro atoms. The number of carbonyl (C=O) groups excluding carboxylic acids is 1. The molecule has 3 rings (SSSR count). The number of nitrogens with zero attached hydrogens (tertiary/aromatic N) is 2. The number of carbonyl (C=O) groups is 1. The van der Waals surface area contributed by atoms with E-state index in [0.29, 0.717) is 24.4 Å². The van der Waals surface area contributed by atoms with E-state index < -0.39 is 10.1 Å². The standard InChI is InChI=1S/C29H36FN3O5S/c1-6-32(7-2)25-13-10-23(28(18-25)38-39(35,36)27-16-14-26(37-5)15-17-27)20-33(29(34)31-21(3)4)19-22-8-11-24(30)12-9-22/h8-18,21H,6-7,19-20H2,1-5H3,(H,31,34). The first kappa shape index (κ1) is 29.8. The van der Waals surface area contributed by atoms with Gasteiger partial charge in [0.25, 0.3) is 0 Å². The van der Waals surface area contributed by atoms with Crippen LogP contribution < -0.4 is 19.1 Å². The lowest BCUT2D eigenvalue weighted by molar-refractivity contribution is 0.189. The van der Waals surface area contributed by atoms with Crippen LogP contribution in [-0.4, -0.2) is 45.6 Å². The van der Waals surface area contributed by atoms with Gasteiger partial charge in [-0.1, -0.05) is 18.2 Å². The smallest absolute Gasteiger partial charge is 0.339 e. The zero-order valence-corrected chi connectivity index (χ0v) is 23.8. The highest BCUT2D eigenvalue weighted by molar-refractivity contribution is 7.87. The van der Waals surface area contributed by atoms with E-state index in [1.807, 2.05) is 33.8 Å². The number of methoxy groups -OCH3 is 1. The van der Waals surface area contributed by atoms with E-state index in [0.717, 1.165) is 11.3 Å². The molecule has 0 saturated heterocycles. The molecule has 0 fully saturated rings. The Morgan fingerprint density at radius 3 is 2.15 bits per heavy atom. The molecular weight excluding hydrogens is 521 g/mol. The second kappa shape index (κ2) is 13.3. The Morgan fingerprint density at radius 1 is 0.949 bits per heavy atom. The van der Waals surface area contributed by atoms with Crippen LogP contribution in [0.2, 0.25) is 0 Å². The van der Waals surface area contributed by atoms with E-state index in [-0.39, 0.29) is 41.6 Å². The van der Waals surface area contributed by atoms with Crippen molar-refractivity contribution < 1.29 is 26.5 Å². The molecule has 0 bridgehead atoms. The van der Waals surface area contributed by atoms with Crippen LogP contribution in [-0.2, 0) is 23.2 Å². The Kier molecular flexibility index (Phi) is 10.2. The predicted molar refractivity (Wildman–Crippen MR) is 150 cm³/mol. The third kappa shape index (κ3) is 8.10. The monoisotopic (exact) mass is 557 g/mol. The zero-order chi connectivity index (χ0) is 28.6. The summed E-state index contributed by atoms with van der Waals surface area (Å²) >= 11 is 0. The third-order valence-electron chi connectivity index (χ3n) is 6.07. The minimum absolute atomic E-state index is 0.0248. The van der Waals surface area contributed by atoms with Gasteiger partial charge in [-0.25, -0.2) is 9.18 Å². The molecule has 0 aliphatic carbocycles. The molecular formula is C29H36FN3O5S. The summed E-state index contributed by atoms with van der Waals surface area (Å²) in [6.45, 7) is 9.39. The fraction of sp³-hybridized carbons (Fsp3) is 0.345. The number of rotatable bonds is 12. The lowest BCUT2D eigenvalue weighted by Crippen LogP contribution is -2.42. The number of halogens is 1. The van der Waals surface area contributed by atoms with Crippen molar-refractivity contribution in [2.24, 2.45) is 0 Å². The van der Waals surface area contributed by atoms with Crippen molar-refractivity contribution >= 4 is 21.8 Å². The molecule has 3 aromatic rings. The fourth-order valence-corrected chi connectivity index (χ4v) is 4.96. The van der Waals surface area contributed by atoms with Gasteiger partial charge in [0, 0.05) is 43.0 Å². The van der Waals surface area contributed by atoms with Crippen LogP contribution in [0.1, 0.15) is 38.8 Å². The van der Waals surface area contributed by atoms with E-state index in [1.165, 1.54) is 36.3 Å². The number of benzene rings is 3. The summed E-state index contributed by atoms with van der Waals surface area (Å²) in [4.78, 5) is 16.7. The van der Waals surface area contributed by atoms with Gasteiger partial charge in [-0.05, 0) is 75.7 Å². The molecule has 10 heteroatoms. The zero-order valence-electron chi connectivity index (χ0n) is 23.0. The van der Waals surface area contributed by atoms with Gasteiger partial charge >= 0.3 is 16.1 Å². The van der Waals surface area contributed by atoms with Crippen molar-refractivity contribution in [3.63, 3.8) is 0 Å². The number of amides is 2. The highest BCUT2D eigenvalue weighted by atomic mass is 32.2. The van der Waals surface area contributed by atoms with Crippen molar-refractivity contribution in [3.8, 4) is 11.5 Å². The average Bonchev–Trinajstić information content (AvgIpc) is 2.91. The third-order valence-corrected chi connectivity index (χ3v) is 7.32. The molecule has 1 N–H and O–H groups in total. The summed E-state index contributed by atoms with van der Waals surface area (Å²) in [7, 11) is -2.69. The first-order chi connectivity index (χ1) is 18.6. The molecule has 0 aliphatic heterocycles. The largest absolute Gasteiger partial charge is 0.497 e. The molecule has 0 saturated carbocycles. The van der Waals surface area contributed by atoms with E-state index in [1.54, 1.807) is 36.4 Å². The summed E-state index contributed by atoms with van der Waals surface area (Å²) < 4.78 is 50.8. The van der Waals surface area contributed by atoms with Gasteiger partial charge in [-0.15, -0.1) is 0 Å². The summed E-state index contributed by atoms with van der Waals surface area (Å²) in [5.41, 5.74) is 2.02. The second-order valence-electron chi connectivity index (χ2n) is 9.26. The maximum absolute atomic E-state index is 13.5. The lowest BCUT2D eigenvalue weighted by atomic mass is 10.1. The lowest BCUT2D eigenvalue weighted by Gasteiger charge is -2.27. The Morgan fingerprint density at radius 2 is 1.59 bits per heavy atom. The Bertz CT molecular complexity index is 1340. The summed E-state index contributed by atoms with van der Waals surface area (Å²) in [6.07, 6.45) is 0. The highest BCUT2D eigenvalue weighted by Gasteiger charge is 2.23. The van der Waals surface area contributed by atoms with E-state index in [9.17, 15) is 17.6 Å². The van der Waals surface area contributed by atoms with Crippen LogP contribution in [0.25, 0.3) is 0 Å². The van der Waals surface area contributed by atoms with E-state index in [4.69, 9.17) is 8.92 Å². The van der Waals surface area contributed by atoms with E-state index in [2.05, 4.69) is 10.2 Å². The van der Waals surface area contributed by atoms with Crippen molar-refractivity contribution in [2.75, 3.05) is 25.1 Å². The van der Waals surface area contributed by atoms with Crippen molar-refractivity contribution in [1.29, 1.82) is 0 Å². The molecule has 0 atom stereocenters. The minimum Gasteiger partial charge on any atom is -0.497 e. The number of urea groups is 1. The topological polar surface area (TPSA) is 88.2 Å². The number of hydrogen-bond donors (Lipinski definition) is 1. The van der Waals surface area contributed by atoms with Crippen LogP contribution in [0.15, 0.2) is 71.6 Å². The molecule has 0 aliphatic rings. The number of ether oxygens (including phenoxy) is 1. The first-order valence-corrected chi connectivity index (χ1v) is 14.2. The van der Waals surface area contributed by atoms with Gasteiger partial charge in [0.1, 0.15) is 22.2 Å². The maximum Gasteiger partial charge on any atom is 0.339 e. The molecule has 0 unspecified atom stereocenters. The van der Waals surface area contributed by atoms with Gasteiger partial charge in [0.2, 0.25) is 0 Å². The van der Waals surface area contributed by atoms with Crippen LogP contribution >= 0.6 is 0 Å². The van der Waals surface area contributed by atoms with Crippen LogP contribution in [0, 0.1) is 5.82 Å². The highest BCUT2D eigenvalue weighted by Crippen LogP contribution is 2.31. The fourth-order valence-electron chi connectivity index (χ4n) is 4.00. The quantitative estimate of drug-likeness (QED) is 0.293. The molecule has 0 heterocycles. The average molecular weight is 558 g/mol. The SMILES string of the molecule is CCN(CC)c1ccc(CN(Cc2ccc(F)cc2)C(=O)NC(C)C)c(OS(=O)(=O)c2ccc(OC)cc2)c1. The molecule has 2 amide bonds. The molecule has 0 radical (unpaired) electrons. The summed E-state index contributed by atoms with van der Waals surface area (Å²) in [5.74, 6) is 0.269. The van der Waals surface area contributed by atoms with Crippen molar-refractivity contribution in [2.45, 2.75) is 51.7 Å². The maximum atomic E-state index is 13.5. The minimum atomic E-state index is -4.19. The predicted octanol–water partition coefficient (Wildman–Crippen LogP) is 5.57.